The molecule has 0 aromatic heterocycles. The van der Waals surface area contributed by atoms with Crippen LogP contribution in [0.5, 0.6) is 5.75 Å². The van der Waals surface area contributed by atoms with E-state index >= 15 is 0 Å². The number of halogens is 2. The molecule has 32 heavy (non-hydrogen) atoms. The molecule has 1 N–H and O–H groups in total. The third kappa shape index (κ3) is 5.22. The molecule has 0 bridgehead atoms. The minimum absolute atomic E-state index is 0.0784. The quantitative estimate of drug-likeness (QED) is 0.584. The molecule has 2 aliphatic rings. The molecular formula is C23H26Cl2N2O4S. The van der Waals surface area contributed by atoms with E-state index in [9.17, 15) is 13.2 Å². The Morgan fingerprint density at radius 1 is 0.969 bits per heavy atom. The molecule has 2 fully saturated rings. The van der Waals surface area contributed by atoms with Crippen LogP contribution in [0.15, 0.2) is 47.4 Å². The van der Waals surface area contributed by atoms with Crippen molar-refractivity contribution in [3.8, 4) is 5.75 Å². The molecule has 0 spiro atoms. The molecule has 0 radical (unpaired) electrons. The molecule has 9 heteroatoms. The van der Waals surface area contributed by atoms with E-state index in [2.05, 4.69) is 5.32 Å². The second kappa shape index (κ2) is 10.00. The Hall–Kier alpha value is -1.80. The SMILES string of the molecule is O=C(Nc1cccc(OC2CCCC2)c1)C1CCN(S(=O)(=O)c2c(Cl)cccc2Cl)CC1. The lowest BCUT2D eigenvalue weighted by molar-refractivity contribution is -0.120. The lowest BCUT2D eigenvalue weighted by Crippen LogP contribution is -2.41. The molecule has 172 valence electrons. The summed E-state index contributed by atoms with van der Waals surface area (Å²) >= 11 is 12.2. The summed E-state index contributed by atoms with van der Waals surface area (Å²) in [6.07, 6.45) is 5.61. The van der Waals surface area contributed by atoms with Crippen molar-refractivity contribution in [2.45, 2.75) is 49.5 Å². The number of rotatable bonds is 6. The minimum atomic E-state index is -3.83. The van der Waals surface area contributed by atoms with Crippen LogP contribution in [0, 0.1) is 5.92 Å². The van der Waals surface area contributed by atoms with Crippen LogP contribution in [0.3, 0.4) is 0 Å². The number of hydrogen-bond donors (Lipinski definition) is 1. The van der Waals surface area contributed by atoms with Crippen LogP contribution in [-0.2, 0) is 14.8 Å². The van der Waals surface area contributed by atoms with Gasteiger partial charge in [-0.05, 0) is 62.8 Å². The highest BCUT2D eigenvalue weighted by Crippen LogP contribution is 2.33. The zero-order valence-corrected chi connectivity index (χ0v) is 19.9. The number of hydrogen-bond acceptors (Lipinski definition) is 4. The van der Waals surface area contributed by atoms with Gasteiger partial charge in [0.2, 0.25) is 15.9 Å². The van der Waals surface area contributed by atoms with Crippen molar-refractivity contribution in [1.82, 2.24) is 4.31 Å². The number of benzene rings is 2. The summed E-state index contributed by atoms with van der Waals surface area (Å²) in [5.74, 6) is 0.366. The Bertz CT molecular complexity index is 1060. The third-order valence-electron chi connectivity index (χ3n) is 6.05. The second-order valence-corrected chi connectivity index (χ2v) is 11.0. The number of anilines is 1. The summed E-state index contributed by atoms with van der Waals surface area (Å²) in [6, 6.07) is 12.1. The molecule has 1 aliphatic carbocycles. The molecule has 1 saturated carbocycles. The van der Waals surface area contributed by atoms with Gasteiger partial charge in [-0.2, -0.15) is 4.31 Å². The number of carbonyl (C=O) groups is 1. The van der Waals surface area contributed by atoms with Gasteiger partial charge < -0.3 is 10.1 Å². The first-order chi connectivity index (χ1) is 15.3. The van der Waals surface area contributed by atoms with Gasteiger partial charge in [0.05, 0.1) is 16.1 Å². The summed E-state index contributed by atoms with van der Waals surface area (Å²) < 4.78 is 33.4. The molecule has 1 heterocycles. The van der Waals surface area contributed by atoms with Gasteiger partial charge in [-0.15, -0.1) is 0 Å². The highest BCUT2D eigenvalue weighted by Gasteiger charge is 2.34. The normalized spacial score (nSPS) is 18.6. The predicted octanol–water partition coefficient (Wildman–Crippen LogP) is 5.35. The first-order valence-corrected chi connectivity index (χ1v) is 13.1. The Morgan fingerprint density at radius 2 is 1.59 bits per heavy atom. The molecule has 1 aliphatic heterocycles. The predicted molar refractivity (Wildman–Crippen MR) is 126 cm³/mol. The van der Waals surface area contributed by atoms with E-state index in [-0.39, 0.29) is 46.0 Å². The Labute approximate surface area is 198 Å². The summed E-state index contributed by atoms with van der Waals surface area (Å²) in [4.78, 5) is 12.7. The summed E-state index contributed by atoms with van der Waals surface area (Å²) in [7, 11) is -3.83. The lowest BCUT2D eigenvalue weighted by Gasteiger charge is -2.31. The zero-order chi connectivity index (χ0) is 22.7. The van der Waals surface area contributed by atoms with Crippen LogP contribution in [0.1, 0.15) is 38.5 Å². The van der Waals surface area contributed by atoms with Crippen LogP contribution in [0.4, 0.5) is 5.69 Å². The van der Waals surface area contributed by atoms with Gasteiger partial charge in [-0.1, -0.05) is 35.3 Å². The van der Waals surface area contributed by atoms with Crippen molar-refractivity contribution in [2.24, 2.45) is 5.92 Å². The van der Waals surface area contributed by atoms with Crippen LogP contribution in [0.25, 0.3) is 0 Å². The molecule has 2 aromatic rings. The van der Waals surface area contributed by atoms with Gasteiger partial charge >= 0.3 is 0 Å². The fraction of sp³-hybridized carbons (Fsp3) is 0.435. The Kier molecular flexibility index (Phi) is 7.30. The van der Waals surface area contributed by atoms with Gasteiger partial charge in [0.25, 0.3) is 0 Å². The largest absolute Gasteiger partial charge is 0.490 e. The zero-order valence-electron chi connectivity index (χ0n) is 17.6. The number of nitrogens with one attached hydrogen (secondary N) is 1. The van der Waals surface area contributed by atoms with Crippen molar-refractivity contribution < 1.29 is 17.9 Å². The first-order valence-electron chi connectivity index (χ1n) is 10.9. The molecular weight excluding hydrogens is 471 g/mol. The van der Waals surface area contributed by atoms with E-state index in [1.807, 2.05) is 24.3 Å². The van der Waals surface area contributed by atoms with Crippen LogP contribution in [-0.4, -0.2) is 37.8 Å². The highest BCUT2D eigenvalue weighted by molar-refractivity contribution is 7.89. The number of sulfonamides is 1. The standard InChI is InChI=1S/C23H26Cl2N2O4S/c24-20-9-4-10-21(25)22(20)32(29,30)27-13-11-16(12-14-27)23(28)26-17-5-3-8-19(15-17)31-18-6-1-2-7-18/h3-5,8-10,15-16,18H,1-2,6-7,11-14H2,(H,26,28). The molecule has 1 saturated heterocycles. The molecule has 0 atom stereocenters. The molecule has 4 rings (SSSR count). The fourth-order valence-electron chi connectivity index (χ4n) is 4.31. The molecule has 1 amide bonds. The van der Waals surface area contributed by atoms with E-state index in [1.165, 1.54) is 29.3 Å². The van der Waals surface area contributed by atoms with Gasteiger partial charge in [-0.3, -0.25) is 4.79 Å². The molecule has 6 nitrogen and oxygen atoms in total. The number of amides is 1. The lowest BCUT2D eigenvalue weighted by atomic mass is 9.97. The van der Waals surface area contributed by atoms with Crippen molar-refractivity contribution in [1.29, 1.82) is 0 Å². The maximum atomic E-state index is 13.0. The van der Waals surface area contributed by atoms with Crippen molar-refractivity contribution in [2.75, 3.05) is 18.4 Å². The van der Waals surface area contributed by atoms with Gasteiger partial charge in [0, 0.05) is 30.8 Å². The molecule has 2 aromatic carbocycles. The third-order valence-corrected chi connectivity index (χ3v) is 8.90. The van der Waals surface area contributed by atoms with E-state index in [4.69, 9.17) is 27.9 Å². The molecule has 0 unspecified atom stereocenters. The Balaban J connectivity index is 1.36. The van der Waals surface area contributed by atoms with Crippen molar-refractivity contribution >= 4 is 44.8 Å². The van der Waals surface area contributed by atoms with Gasteiger partial charge in [-0.25, -0.2) is 8.42 Å². The maximum absolute atomic E-state index is 13.0. The van der Waals surface area contributed by atoms with Crippen molar-refractivity contribution in [3.05, 3.63) is 52.5 Å². The second-order valence-electron chi connectivity index (χ2n) is 8.27. The average molecular weight is 497 g/mol. The summed E-state index contributed by atoms with van der Waals surface area (Å²) in [5, 5.41) is 3.14. The number of piperidine rings is 1. The van der Waals surface area contributed by atoms with Crippen LogP contribution < -0.4 is 10.1 Å². The summed E-state index contributed by atoms with van der Waals surface area (Å²) in [6.45, 7) is 0.458. The fourth-order valence-corrected chi connectivity index (χ4v) is 6.87. The van der Waals surface area contributed by atoms with Gasteiger partial charge in [0.1, 0.15) is 10.6 Å². The van der Waals surface area contributed by atoms with Gasteiger partial charge in [0.15, 0.2) is 0 Å². The van der Waals surface area contributed by atoms with E-state index in [0.717, 1.165) is 18.6 Å². The van der Waals surface area contributed by atoms with Crippen LogP contribution >= 0.6 is 23.2 Å². The monoisotopic (exact) mass is 496 g/mol. The minimum Gasteiger partial charge on any atom is -0.490 e. The topological polar surface area (TPSA) is 75.7 Å². The van der Waals surface area contributed by atoms with E-state index in [1.54, 1.807) is 6.07 Å². The number of ether oxygens (including phenoxy) is 1. The van der Waals surface area contributed by atoms with E-state index in [0.29, 0.717) is 18.5 Å². The number of carbonyl (C=O) groups excluding carboxylic acids is 1. The average Bonchev–Trinajstić information content (AvgIpc) is 3.27. The first kappa shape index (κ1) is 23.4. The van der Waals surface area contributed by atoms with Crippen LogP contribution in [0.2, 0.25) is 10.0 Å². The van der Waals surface area contributed by atoms with E-state index < -0.39 is 10.0 Å². The smallest absolute Gasteiger partial charge is 0.246 e. The van der Waals surface area contributed by atoms with Crippen molar-refractivity contribution in [3.63, 3.8) is 0 Å². The highest BCUT2D eigenvalue weighted by atomic mass is 35.5. The number of nitrogens with zero attached hydrogens (tertiary/aromatic N) is 1. The maximum Gasteiger partial charge on any atom is 0.246 e. The summed E-state index contributed by atoms with van der Waals surface area (Å²) in [5.41, 5.74) is 0.684. The Morgan fingerprint density at radius 3 is 2.25 bits per heavy atom.